The van der Waals surface area contributed by atoms with E-state index in [1.165, 1.54) is 21.2 Å². The summed E-state index contributed by atoms with van der Waals surface area (Å²) in [6.07, 6.45) is 0. The molecule has 0 saturated carbocycles. The van der Waals surface area contributed by atoms with Crippen LogP contribution in [-0.4, -0.2) is 7.11 Å². The SMILES string of the molecule is COc1ccc([P+](c2ccc(Cl)cc2)(c2ccc(Cl)cc2)c2ccc(Cl)cc2)cc1. The van der Waals surface area contributed by atoms with E-state index >= 15 is 0 Å². The van der Waals surface area contributed by atoms with Gasteiger partial charge in [-0.05, 0) is 97.1 Å². The highest BCUT2D eigenvalue weighted by atomic mass is 35.5. The highest BCUT2D eigenvalue weighted by Crippen LogP contribution is 2.54. The van der Waals surface area contributed by atoms with E-state index in [9.17, 15) is 0 Å². The summed E-state index contributed by atoms with van der Waals surface area (Å²) in [6, 6.07) is 32.7. The van der Waals surface area contributed by atoms with Crippen LogP contribution >= 0.6 is 42.1 Å². The van der Waals surface area contributed by atoms with E-state index in [0.29, 0.717) is 15.1 Å². The molecule has 150 valence electrons. The van der Waals surface area contributed by atoms with Crippen LogP contribution < -0.4 is 26.0 Å². The zero-order valence-electron chi connectivity index (χ0n) is 16.2. The van der Waals surface area contributed by atoms with E-state index in [1.807, 2.05) is 48.5 Å². The van der Waals surface area contributed by atoms with Gasteiger partial charge in [-0.2, -0.15) is 0 Å². The maximum atomic E-state index is 6.24. The molecule has 30 heavy (non-hydrogen) atoms. The van der Waals surface area contributed by atoms with Crippen LogP contribution in [0, 0.1) is 0 Å². The average Bonchev–Trinajstić information content (AvgIpc) is 2.78. The quantitative estimate of drug-likeness (QED) is 0.311. The first-order valence-electron chi connectivity index (χ1n) is 9.36. The first-order valence-corrected chi connectivity index (χ1v) is 12.3. The maximum Gasteiger partial charge on any atom is 0.144 e. The van der Waals surface area contributed by atoms with E-state index < -0.39 is 7.26 Å². The van der Waals surface area contributed by atoms with Crippen LogP contribution in [0.5, 0.6) is 5.75 Å². The third-order valence-corrected chi connectivity index (χ3v) is 10.1. The van der Waals surface area contributed by atoms with Gasteiger partial charge in [0.05, 0.1) is 7.11 Å². The van der Waals surface area contributed by atoms with E-state index in [-0.39, 0.29) is 0 Å². The van der Waals surface area contributed by atoms with Crippen LogP contribution in [0.15, 0.2) is 97.1 Å². The molecule has 0 saturated heterocycles. The lowest BCUT2D eigenvalue weighted by atomic mass is 10.3. The summed E-state index contributed by atoms with van der Waals surface area (Å²) >= 11 is 18.7. The molecule has 0 fully saturated rings. The maximum absolute atomic E-state index is 6.24. The Labute approximate surface area is 192 Å². The fraction of sp³-hybridized carbons (Fsp3) is 0.0400. The predicted molar refractivity (Wildman–Crippen MR) is 133 cm³/mol. The Bertz CT molecular complexity index is 1010. The lowest BCUT2D eigenvalue weighted by molar-refractivity contribution is 0.415. The summed E-state index contributed by atoms with van der Waals surface area (Å²) < 4.78 is 5.41. The highest BCUT2D eigenvalue weighted by molar-refractivity contribution is 8.01. The number of ether oxygens (including phenoxy) is 1. The van der Waals surface area contributed by atoms with E-state index in [0.717, 1.165) is 5.75 Å². The van der Waals surface area contributed by atoms with Crippen molar-refractivity contribution >= 4 is 63.3 Å². The van der Waals surface area contributed by atoms with Gasteiger partial charge in [-0.3, -0.25) is 0 Å². The van der Waals surface area contributed by atoms with E-state index in [4.69, 9.17) is 39.5 Å². The summed E-state index contributed by atoms with van der Waals surface area (Å²) in [7, 11) is -0.551. The Balaban J connectivity index is 2.09. The van der Waals surface area contributed by atoms with E-state index in [2.05, 4.69) is 48.5 Å². The molecule has 0 aromatic heterocycles. The van der Waals surface area contributed by atoms with Crippen molar-refractivity contribution in [2.24, 2.45) is 0 Å². The molecule has 1 nitrogen and oxygen atoms in total. The van der Waals surface area contributed by atoms with Crippen LogP contribution in [0.25, 0.3) is 0 Å². The zero-order chi connectivity index (χ0) is 21.1. The first kappa shape index (κ1) is 21.2. The molecule has 0 unspecified atom stereocenters. The van der Waals surface area contributed by atoms with Crippen molar-refractivity contribution in [1.29, 1.82) is 0 Å². The number of rotatable bonds is 5. The topological polar surface area (TPSA) is 9.23 Å². The smallest absolute Gasteiger partial charge is 0.144 e. The molecule has 4 aromatic rings. The second-order valence-electron chi connectivity index (χ2n) is 6.80. The zero-order valence-corrected chi connectivity index (χ0v) is 19.4. The van der Waals surface area contributed by atoms with Gasteiger partial charge in [-0.25, -0.2) is 0 Å². The number of halogens is 3. The summed E-state index contributed by atoms with van der Waals surface area (Å²) in [5.74, 6) is 0.820. The molecular weight excluding hydrogens is 454 g/mol. The summed E-state index contributed by atoms with van der Waals surface area (Å²) in [5.41, 5.74) is 0. The average molecular weight is 473 g/mol. The molecule has 5 heteroatoms. The van der Waals surface area contributed by atoms with Crippen molar-refractivity contribution < 1.29 is 4.74 Å². The van der Waals surface area contributed by atoms with Crippen LogP contribution in [0.2, 0.25) is 15.1 Å². The number of hydrogen-bond acceptors (Lipinski definition) is 1. The molecule has 0 heterocycles. The molecule has 0 bridgehead atoms. The normalized spacial score (nSPS) is 11.3. The molecule has 0 radical (unpaired) electrons. The Kier molecular flexibility index (Phi) is 6.37. The second-order valence-corrected chi connectivity index (χ2v) is 11.5. The van der Waals surface area contributed by atoms with Gasteiger partial charge in [0.1, 0.15) is 34.2 Å². The Morgan fingerprint density at radius 3 is 1.00 bits per heavy atom. The standard InChI is InChI=1S/C25H19Cl3OP/c1-29-21-8-16-25(17-9-21)30(22-10-2-18(26)3-11-22,23-12-4-19(27)5-13-23)24-14-6-20(28)7-15-24/h2-17H,1H3/q+1. The second kappa shape index (κ2) is 9.00. The third kappa shape index (κ3) is 3.96. The van der Waals surface area contributed by atoms with Crippen molar-refractivity contribution in [3.63, 3.8) is 0 Å². The molecule has 0 atom stereocenters. The third-order valence-electron chi connectivity index (χ3n) is 5.10. The van der Waals surface area contributed by atoms with Crippen molar-refractivity contribution in [1.82, 2.24) is 0 Å². The highest BCUT2D eigenvalue weighted by Gasteiger charge is 2.47. The minimum absolute atomic E-state index is 0.707. The van der Waals surface area contributed by atoms with Gasteiger partial charge in [0.15, 0.2) is 0 Å². The molecule has 0 spiro atoms. The van der Waals surface area contributed by atoms with Gasteiger partial charge in [-0.15, -0.1) is 0 Å². The minimum atomic E-state index is -2.23. The van der Waals surface area contributed by atoms with Crippen molar-refractivity contribution in [2.45, 2.75) is 0 Å². The van der Waals surface area contributed by atoms with Gasteiger partial charge in [0, 0.05) is 15.1 Å². The van der Waals surface area contributed by atoms with Gasteiger partial charge in [-0.1, -0.05) is 34.8 Å². The molecule has 0 aliphatic rings. The fourth-order valence-electron chi connectivity index (χ4n) is 3.69. The van der Waals surface area contributed by atoms with Gasteiger partial charge >= 0.3 is 0 Å². The number of hydrogen-bond donors (Lipinski definition) is 0. The lowest BCUT2D eigenvalue weighted by Gasteiger charge is -2.28. The minimum Gasteiger partial charge on any atom is -0.497 e. The summed E-state index contributed by atoms with van der Waals surface area (Å²) in [6.45, 7) is 0. The van der Waals surface area contributed by atoms with Crippen LogP contribution in [-0.2, 0) is 0 Å². The van der Waals surface area contributed by atoms with E-state index in [1.54, 1.807) is 7.11 Å². The molecule has 4 aromatic carbocycles. The van der Waals surface area contributed by atoms with Gasteiger partial charge in [0.2, 0.25) is 0 Å². The molecule has 4 rings (SSSR count). The molecule has 0 aliphatic heterocycles. The van der Waals surface area contributed by atoms with Gasteiger partial charge in [0.25, 0.3) is 0 Å². The Morgan fingerprint density at radius 1 is 0.467 bits per heavy atom. The van der Waals surface area contributed by atoms with Crippen molar-refractivity contribution in [3.8, 4) is 5.75 Å². The summed E-state index contributed by atoms with van der Waals surface area (Å²) in [4.78, 5) is 0. The van der Waals surface area contributed by atoms with Crippen molar-refractivity contribution in [2.75, 3.05) is 7.11 Å². The molecule has 0 amide bonds. The predicted octanol–water partition coefficient (Wildman–Crippen LogP) is 6.27. The Hall–Kier alpha value is -2.02. The van der Waals surface area contributed by atoms with Crippen molar-refractivity contribution in [3.05, 3.63) is 112 Å². The van der Waals surface area contributed by atoms with Crippen LogP contribution in [0.1, 0.15) is 0 Å². The van der Waals surface area contributed by atoms with Crippen LogP contribution in [0.3, 0.4) is 0 Å². The monoisotopic (exact) mass is 471 g/mol. The molecule has 0 N–H and O–H groups in total. The Morgan fingerprint density at radius 2 is 0.733 bits per heavy atom. The molecular formula is C25H19Cl3OP+. The summed E-state index contributed by atoms with van der Waals surface area (Å²) in [5, 5.41) is 6.91. The number of methoxy groups -OCH3 is 1. The lowest BCUT2D eigenvalue weighted by Crippen LogP contribution is -2.38. The largest absolute Gasteiger partial charge is 0.497 e. The van der Waals surface area contributed by atoms with Gasteiger partial charge < -0.3 is 4.74 Å². The fourth-order valence-corrected chi connectivity index (χ4v) is 8.25. The van der Waals surface area contributed by atoms with Crippen LogP contribution in [0.4, 0.5) is 0 Å². The molecule has 0 aliphatic carbocycles. The number of benzene rings is 4. The first-order chi connectivity index (χ1) is 14.5.